The fraction of sp³-hybridized carbons (Fsp3) is 0.833. The third-order valence-corrected chi connectivity index (χ3v) is 5.64. The van der Waals surface area contributed by atoms with Gasteiger partial charge in [0.05, 0.1) is 25.2 Å². The number of piperazine rings is 1. The zero-order valence-electron chi connectivity index (χ0n) is 15.8. The topological polar surface area (TPSA) is 99.0 Å². The summed E-state index contributed by atoms with van der Waals surface area (Å²) in [4.78, 5) is 43.4. The van der Waals surface area contributed by atoms with Gasteiger partial charge in [-0.3, -0.25) is 19.3 Å². The van der Waals surface area contributed by atoms with Crippen LogP contribution >= 0.6 is 0 Å². The van der Waals surface area contributed by atoms with Gasteiger partial charge in [-0.1, -0.05) is 13.8 Å². The smallest absolute Gasteiger partial charge is 0.240 e. The van der Waals surface area contributed by atoms with E-state index in [1.165, 1.54) is 0 Å². The molecule has 0 aromatic rings. The highest BCUT2D eigenvalue weighted by Gasteiger charge is 2.51. The Balaban J connectivity index is 1.63. The van der Waals surface area contributed by atoms with Crippen LogP contribution in [0.4, 0.5) is 0 Å². The zero-order chi connectivity index (χ0) is 18.8. The average Bonchev–Trinajstić information content (AvgIpc) is 3.16. The van der Waals surface area contributed by atoms with Crippen molar-refractivity contribution in [2.24, 2.45) is 11.7 Å². The minimum atomic E-state index is -0.577. The monoisotopic (exact) mass is 365 g/mol. The summed E-state index contributed by atoms with van der Waals surface area (Å²) < 4.78 is 0. The molecule has 0 aromatic heterocycles. The van der Waals surface area contributed by atoms with Crippen molar-refractivity contribution in [3.8, 4) is 0 Å². The lowest BCUT2D eigenvalue weighted by atomic mass is 10.0. The van der Waals surface area contributed by atoms with Crippen molar-refractivity contribution in [1.82, 2.24) is 20.0 Å². The van der Waals surface area contributed by atoms with Crippen LogP contribution in [0.5, 0.6) is 0 Å². The normalized spacial score (nSPS) is 27.9. The number of amides is 2. The third-order valence-electron chi connectivity index (χ3n) is 5.64. The maximum absolute atomic E-state index is 12.7. The Bertz CT molecular complexity index is 561. The molecule has 3 unspecified atom stereocenters. The molecule has 3 rings (SSSR count). The molecular formula is C18H31N5O3. The van der Waals surface area contributed by atoms with E-state index < -0.39 is 12.1 Å². The first-order valence-electron chi connectivity index (χ1n) is 9.69. The summed E-state index contributed by atoms with van der Waals surface area (Å²) in [7, 11) is 0. The molecule has 3 aliphatic heterocycles. The fourth-order valence-electron chi connectivity index (χ4n) is 4.36. The predicted octanol–water partition coefficient (Wildman–Crippen LogP) is -1.35. The summed E-state index contributed by atoms with van der Waals surface area (Å²) in [5, 5.41) is 3.27. The Kier molecular flexibility index (Phi) is 5.94. The first kappa shape index (κ1) is 19.3. The summed E-state index contributed by atoms with van der Waals surface area (Å²) in [6.07, 6.45) is 1.26. The second kappa shape index (κ2) is 8.02. The van der Waals surface area contributed by atoms with Gasteiger partial charge in [-0.15, -0.1) is 0 Å². The van der Waals surface area contributed by atoms with E-state index in [-0.39, 0.29) is 30.2 Å². The number of nitrogens with two attached hydrogens (primary N) is 1. The number of hydrogen-bond acceptors (Lipinski definition) is 6. The average molecular weight is 365 g/mol. The summed E-state index contributed by atoms with van der Waals surface area (Å²) in [5.74, 6) is 0.125. The van der Waals surface area contributed by atoms with Gasteiger partial charge in [-0.25, -0.2) is 0 Å². The van der Waals surface area contributed by atoms with Gasteiger partial charge in [0.1, 0.15) is 6.04 Å². The number of nitrogens with one attached hydrogen (secondary N) is 1. The van der Waals surface area contributed by atoms with Gasteiger partial charge in [0.2, 0.25) is 11.8 Å². The van der Waals surface area contributed by atoms with Crippen molar-refractivity contribution in [2.45, 2.75) is 44.8 Å². The number of carbonyl (C=O) groups excluding carboxylic acids is 3. The molecule has 3 atom stereocenters. The summed E-state index contributed by atoms with van der Waals surface area (Å²) in [5.41, 5.74) is 6.05. The van der Waals surface area contributed by atoms with Crippen molar-refractivity contribution in [3.05, 3.63) is 0 Å². The highest BCUT2D eigenvalue weighted by Crippen LogP contribution is 2.30. The molecule has 2 amide bonds. The van der Waals surface area contributed by atoms with Crippen LogP contribution in [-0.4, -0.2) is 96.2 Å². The highest BCUT2D eigenvalue weighted by molar-refractivity contribution is 5.98. The number of nitrogens with zero attached hydrogens (tertiary/aromatic N) is 3. The number of carbonyl (C=O) groups is 3. The lowest BCUT2D eigenvalue weighted by molar-refractivity contribution is -0.137. The number of fused-ring (bicyclic) bond motifs is 1. The van der Waals surface area contributed by atoms with Crippen molar-refractivity contribution in [2.75, 3.05) is 45.8 Å². The molecule has 26 heavy (non-hydrogen) atoms. The molecule has 0 radical (unpaired) electrons. The van der Waals surface area contributed by atoms with Gasteiger partial charge < -0.3 is 20.9 Å². The van der Waals surface area contributed by atoms with E-state index in [1.807, 2.05) is 13.8 Å². The molecular weight excluding hydrogens is 334 g/mol. The second-order valence-corrected chi connectivity index (χ2v) is 8.08. The summed E-state index contributed by atoms with van der Waals surface area (Å²) >= 11 is 0. The molecule has 3 saturated heterocycles. The van der Waals surface area contributed by atoms with Crippen LogP contribution in [-0.2, 0) is 14.4 Å². The first-order chi connectivity index (χ1) is 12.4. The number of likely N-dealkylation sites (tertiary alicyclic amines) is 2. The molecule has 8 heteroatoms. The molecule has 8 nitrogen and oxygen atoms in total. The molecule has 3 fully saturated rings. The molecule has 0 bridgehead atoms. The summed E-state index contributed by atoms with van der Waals surface area (Å²) in [6.45, 7) is 8.47. The van der Waals surface area contributed by atoms with Gasteiger partial charge in [0.15, 0.2) is 5.78 Å². The maximum atomic E-state index is 12.7. The molecule has 3 N–H and O–H groups in total. The van der Waals surface area contributed by atoms with Crippen molar-refractivity contribution < 1.29 is 14.4 Å². The molecule has 146 valence electrons. The second-order valence-electron chi connectivity index (χ2n) is 8.08. The van der Waals surface area contributed by atoms with E-state index in [4.69, 9.17) is 5.73 Å². The van der Waals surface area contributed by atoms with E-state index in [2.05, 4.69) is 10.2 Å². The summed E-state index contributed by atoms with van der Waals surface area (Å²) in [6, 6.07) is -1.27. The van der Waals surface area contributed by atoms with Crippen LogP contribution in [0.25, 0.3) is 0 Å². The third kappa shape index (κ3) is 3.92. The Morgan fingerprint density at radius 1 is 1.19 bits per heavy atom. The maximum Gasteiger partial charge on any atom is 0.240 e. The Labute approximate surface area is 155 Å². The number of ketones is 1. The Hall–Kier alpha value is -1.51. The quantitative estimate of drug-likeness (QED) is 0.625. The number of Topliss-reactive ketones (excluding diaryl/α,β-unsaturated/α-hetero) is 1. The number of rotatable bonds is 5. The van der Waals surface area contributed by atoms with Gasteiger partial charge in [-0.2, -0.15) is 0 Å². The minimum Gasteiger partial charge on any atom is -0.329 e. The van der Waals surface area contributed by atoms with Crippen molar-refractivity contribution in [1.29, 1.82) is 0 Å². The lowest BCUT2D eigenvalue weighted by Crippen LogP contribution is -2.51. The van der Waals surface area contributed by atoms with Crippen molar-refractivity contribution in [3.63, 3.8) is 0 Å². The molecule has 0 aliphatic carbocycles. The predicted molar refractivity (Wildman–Crippen MR) is 97.4 cm³/mol. The van der Waals surface area contributed by atoms with Crippen LogP contribution in [0.1, 0.15) is 26.7 Å². The molecule has 0 aromatic carbocycles. The van der Waals surface area contributed by atoms with E-state index in [0.29, 0.717) is 31.8 Å². The molecule has 0 spiro atoms. The molecule has 3 aliphatic rings. The van der Waals surface area contributed by atoms with Crippen LogP contribution in [0, 0.1) is 5.92 Å². The zero-order valence-corrected chi connectivity index (χ0v) is 15.8. The lowest BCUT2D eigenvalue weighted by Gasteiger charge is -2.30. The largest absolute Gasteiger partial charge is 0.329 e. The van der Waals surface area contributed by atoms with E-state index in [0.717, 1.165) is 26.2 Å². The Morgan fingerprint density at radius 3 is 2.54 bits per heavy atom. The van der Waals surface area contributed by atoms with E-state index >= 15 is 0 Å². The highest BCUT2D eigenvalue weighted by atomic mass is 16.2. The minimum absolute atomic E-state index is 0.00599. The fourth-order valence-corrected chi connectivity index (χ4v) is 4.36. The molecule has 0 saturated carbocycles. The van der Waals surface area contributed by atoms with Crippen molar-refractivity contribution >= 4 is 17.6 Å². The van der Waals surface area contributed by atoms with E-state index in [1.54, 1.807) is 9.80 Å². The number of hydrogen-bond donors (Lipinski definition) is 2. The van der Waals surface area contributed by atoms with Crippen LogP contribution in [0.3, 0.4) is 0 Å². The molecule has 3 heterocycles. The van der Waals surface area contributed by atoms with Crippen LogP contribution < -0.4 is 11.1 Å². The van der Waals surface area contributed by atoms with Crippen LogP contribution in [0.15, 0.2) is 0 Å². The van der Waals surface area contributed by atoms with E-state index in [9.17, 15) is 14.4 Å². The van der Waals surface area contributed by atoms with Gasteiger partial charge >= 0.3 is 0 Å². The van der Waals surface area contributed by atoms with Crippen LogP contribution in [0.2, 0.25) is 0 Å². The SMILES string of the molecule is CC(C)CC(N)C(=O)N1CCC2C1C(=O)CN2C(=O)CN1CCNCC1. The van der Waals surface area contributed by atoms with Gasteiger partial charge in [0.25, 0.3) is 0 Å². The van der Waals surface area contributed by atoms with Gasteiger partial charge in [-0.05, 0) is 18.8 Å². The standard InChI is InChI=1S/C18H31N5O3/c1-12(2)9-13(19)18(26)22-6-3-14-17(22)15(24)10-23(14)16(25)11-21-7-4-20-5-8-21/h12-14,17,20H,3-11,19H2,1-2H3. The Morgan fingerprint density at radius 2 is 1.88 bits per heavy atom. The first-order valence-corrected chi connectivity index (χ1v) is 9.69. The van der Waals surface area contributed by atoms with Gasteiger partial charge in [0, 0.05) is 32.7 Å².